The van der Waals surface area contributed by atoms with E-state index in [1.165, 1.54) is 6.92 Å². The Labute approximate surface area is 99.2 Å². The van der Waals surface area contributed by atoms with Crippen LogP contribution in [0.2, 0.25) is 0 Å². The average Bonchev–Trinajstić information content (AvgIpc) is 2.68. The lowest BCUT2D eigenvalue weighted by Crippen LogP contribution is -2.23. The maximum absolute atomic E-state index is 11.5. The molecule has 0 aliphatic heterocycles. The molecule has 4 heteroatoms. The van der Waals surface area contributed by atoms with E-state index in [2.05, 4.69) is 5.32 Å². The van der Waals surface area contributed by atoms with Crippen molar-refractivity contribution in [2.24, 2.45) is 0 Å². The molecule has 1 aromatic heterocycles. The molecule has 0 saturated carbocycles. The van der Waals surface area contributed by atoms with Crippen LogP contribution in [-0.2, 0) is 11.3 Å². The summed E-state index contributed by atoms with van der Waals surface area (Å²) in [6.45, 7) is 1.76. The number of hydrogen-bond donors (Lipinski definition) is 1. The van der Waals surface area contributed by atoms with Gasteiger partial charge in [-0.05, 0) is 13.0 Å². The Balaban J connectivity index is 2.56. The molecule has 0 aliphatic rings. The van der Waals surface area contributed by atoms with Crippen LogP contribution >= 0.6 is 0 Å². The Bertz CT molecular complexity index is 584. The van der Waals surface area contributed by atoms with Crippen LogP contribution in [0.3, 0.4) is 0 Å². The van der Waals surface area contributed by atoms with Crippen LogP contribution in [0.4, 0.5) is 0 Å². The lowest BCUT2D eigenvalue weighted by molar-refractivity contribution is -0.121. The number of likely N-dealkylation sites (N-methyl/N-ethyl adjacent to an activating group) is 1. The van der Waals surface area contributed by atoms with E-state index >= 15 is 0 Å². The first kappa shape index (κ1) is 11.4. The summed E-state index contributed by atoms with van der Waals surface area (Å²) in [5, 5.41) is 3.46. The number of Topliss-reactive ketones (excluding diaryl/α,β-unsaturated/α-hetero) is 1. The van der Waals surface area contributed by atoms with E-state index in [0.29, 0.717) is 5.56 Å². The van der Waals surface area contributed by atoms with Crippen molar-refractivity contribution >= 4 is 22.6 Å². The highest BCUT2D eigenvalue weighted by Gasteiger charge is 2.12. The van der Waals surface area contributed by atoms with Crippen molar-refractivity contribution in [2.75, 3.05) is 7.05 Å². The van der Waals surface area contributed by atoms with Crippen molar-refractivity contribution in [3.8, 4) is 0 Å². The van der Waals surface area contributed by atoms with E-state index in [-0.39, 0.29) is 18.2 Å². The largest absolute Gasteiger partial charge is 0.358 e. The highest BCUT2D eigenvalue weighted by atomic mass is 16.1. The molecule has 0 atom stereocenters. The van der Waals surface area contributed by atoms with Crippen LogP contribution in [0.5, 0.6) is 0 Å². The summed E-state index contributed by atoms with van der Waals surface area (Å²) < 4.78 is 1.80. The Hall–Kier alpha value is -2.10. The highest BCUT2D eigenvalue weighted by molar-refractivity contribution is 6.07. The molecule has 1 amide bonds. The molecule has 0 saturated heterocycles. The van der Waals surface area contributed by atoms with Crippen LogP contribution in [0, 0.1) is 0 Å². The minimum atomic E-state index is -0.0825. The maximum Gasteiger partial charge on any atom is 0.239 e. The third-order valence-corrected chi connectivity index (χ3v) is 2.76. The van der Waals surface area contributed by atoms with Crippen molar-refractivity contribution in [3.05, 3.63) is 36.0 Å². The number of nitrogens with one attached hydrogen (secondary N) is 1. The van der Waals surface area contributed by atoms with Gasteiger partial charge in [0.05, 0.1) is 0 Å². The molecule has 1 heterocycles. The predicted molar refractivity (Wildman–Crippen MR) is 66.0 cm³/mol. The second-order valence-electron chi connectivity index (χ2n) is 3.92. The number of amides is 1. The number of para-hydroxylation sites is 1. The third kappa shape index (κ3) is 2.06. The number of aromatic nitrogens is 1. The summed E-state index contributed by atoms with van der Waals surface area (Å²) >= 11 is 0. The van der Waals surface area contributed by atoms with Crippen LogP contribution < -0.4 is 5.32 Å². The highest BCUT2D eigenvalue weighted by Crippen LogP contribution is 2.21. The minimum Gasteiger partial charge on any atom is -0.358 e. The van der Waals surface area contributed by atoms with Gasteiger partial charge in [-0.3, -0.25) is 9.59 Å². The molecular weight excluding hydrogens is 216 g/mol. The van der Waals surface area contributed by atoms with Gasteiger partial charge in [-0.25, -0.2) is 0 Å². The van der Waals surface area contributed by atoms with Gasteiger partial charge < -0.3 is 9.88 Å². The summed E-state index contributed by atoms with van der Waals surface area (Å²) in [4.78, 5) is 22.9. The van der Waals surface area contributed by atoms with Crippen molar-refractivity contribution < 1.29 is 9.59 Å². The van der Waals surface area contributed by atoms with E-state index in [1.807, 2.05) is 24.3 Å². The second kappa shape index (κ2) is 4.41. The number of rotatable bonds is 3. The van der Waals surface area contributed by atoms with Gasteiger partial charge in [-0.15, -0.1) is 0 Å². The van der Waals surface area contributed by atoms with Gasteiger partial charge in [0.15, 0.2) is 5.78 Å². The smallest absolute Gasteiger partial charge is 0.239 e. The molecule has 0 bridgehead atoms. The van der Waals surface area contributed by atoms with Gasteiger partial charge >= 0.3 is 0 Å². The lowest BCUT2D eigenvalue weighted by atomic mass is 10.1. The zero-order chi connectivity index (χ0) is 12.4. The second-order valence-corrected chi connectivity index (χ2v) is 3.92. The average molecular weight is 230 g/mol. The molecule has 0 radical (unpaired) electrons. The van der Waals surface area contributed by atoms with Gasteiger partial charge in [0.25, 0.3) is 0 Å². The van der Waals surface area contributed by atoms with Gasteiger partial charge in [0, 0.05) is 29.7 Å². The fourth-order valence-electron chi connectivity index (χ4n) is 1.89. The summed E-state index contributed by atoms with van der Waals surface area (Å²) in [5.41, 5.74) is 1.56. The number of ketones is 1. The monoisotopic (exact) mass is 230 g/mol. The van der Waals surface area contributed by atoms with Gasteiger partial charge in [-0.1, -0.05) is 18.2 Å². The first-order chi connectivity index (χ1) is 8.13. The standard InChI is InChI=1S/C13H14N2O2/c1-9(16)11-7-15(8-13(17)14-2)12-6-4-3-5-10(11)12/h3-7H,8H2,1-2H3,(H,14,17). The number of fused-ring (bicyclic) bond motifs is 1. The summed E-state index contributed by atoms with van der Waals surface area (Å²) in [7, 11) is 1.60. The molecule has 1 N–H and O–H groups in total. The minimum absolute atomic E-state index is 0.0110. The number of carbonyl (C=O) groups is 2. The Kier molecular flexibility index (Phi) is 2.95. The van der Waals surface area contributed by atoms with Crippen molar-refractivity contribution in [1.82, 2.24) is 9.88 Å². The zero-order valence-electron chi connectivity index (χ0n) is 9.86. The first-order valence-electron chi connectivity index (χ1n) is 5.43. The molecular formula is C13H14N2O2. The maximum atomic E-state index is 11.5. The summed E-state index contributed by atoms with van der Waals surface area (Å²) in [6.07, 6.45) is 1.74. The molecule has 88 valence electrons. The number of nitrogens with zero attached hydrogens (tertiary/aromatic N) is 1. The number of carbonyl (C=O) groups excluding carboxylic acids is 2. The van der Waals surface area contributed by atoms with E-state index in [1.54, 1.807) is 17.8 Å². The van der Waals surface area contributed by atoms with Crippen molar-refractivity contribution in [1.29, 1.82) is 0 Å². The predicted octanol–water partition coefficient (Wildman–Crippen LogP) is 1.59. The molecule has 1 aromatic carbocycles. The normalized spacial score (nSPS) is 10.5. The molecule has 2 rings (SSSR count). The van der Waals surface area contributed by atoms with Crippen LogP contribution in [0.15, 0.2) is 30.5 Å². The molecule has 0 unspecified atom stereocenters. The van der Waals surface area contributed by atoms with E-state index < -0.39 is 0 Å². The Morgan fingerprint density at radius 2 is 2.00 bits per heavy atom. The van der Waals surface area contributed by atoms with Crippen molar-refractivity contribution in [3.63, 3.8) is 0 Å². The summed E-state index contributed by atoms with van der Waals surface area (Å²) in [5.74, 6) is -0.0716. The Morgan fingerprint density at radius 1 is 1.29 bits per heavy atom. The molecule has 4 nitrogen and oxygen atoms in total. The van der Waals surface area contributed by atoms with Crippen LogP contribution in [-0.4, -0.2) is 23.3 Å². The fourth-order valence-corrected chi connectivity index (χ4v) is 1.89. The van der Waals surface area contributed by atoms with Crippen molar-refractivity contribution in [2.45, 2.75) is 13.5 Å². The molecule has 0 spiro atoms. The van der Waals surface area contributed by atoms with Crippen LogP contribution in [0.1, 0.15) is 17.3 Å². The van der Waals surface area contributed by atoms with Gasteiger partial charge in [0.2, 0.25) is 5.91 Å². The molecule has 0 fully saturated rings. The first-order valence-corrected chi connectivity index (χ1v) is 5.43. The Morgan fingerprint density at radius 3 is 2.65 bits per heavy atom. The van der Waals surface area contributed by atoms with Crippen LogP contribution in [0.25, 0.3) is 10.9 Å². The quantitative estimate of drug-likeness (QED) is 0.814. The third-order valence-electron chi connectivity index (χ3n) is 2.76. The van der Waals surface area contributed by atoms with Gasteiger partial charge in [0.1, 0.15) is 6.54 Å². The SMILES string of the molecule is CNC(=O)Cn1cc(C(C)=O)c2ccccc21. The molecule has 17 heavy (non-hydrogen) atoms. The number of hydrogen-bond acceptors (Lipinski definition) is 2. The molecule has 0 aliphatic carbocycles. The number of benzene rings is 1. The van der Waals surface area contributed by atoms with E-state index in [0.717, 1.165) is 10.9 Å². The van der Waals surface area contributed by atoms with Gasteiger partial charge in [-0.2, -0.15) is 0 Å². The van der Waals surface area contributed by atoms with E-state index in [4.69, 9.17) is 0 Å². The fraction of sp³-hybridized carbons (Fsp3) is 0.231. The molecule has 2 aromatic rings. The van der Waals surface area contributed by atoms with E-state index in [9.17, 15) is 9.59 Å². The zero-order valence-corrected chi connectivity index (χ0v) is 9.86. The lowest BCUT2D eigenvalue weighted by Gasteiger charge is -2.03. The topological polar surface area (TPSA) is 51.1 Å². The summed E-state index contributed by atoms with van der Waals surface area (Å²) in [6, 6.07) is 7.59.